The van der Waals surface area contributed by atoms with Gasteiger partial charge in [-0.3, -0.25) is 9.05 Å². The highest BCUT2D eigenvalue weighted by molar-refractivity contribution is 7.46. The fourth-order valence-electron chi connectivity index (χ4n) is 0.716. The van der Waals surface area contributed by atoms with Crippen LogP contribution in [0.3, 0.4) is 0 Å². The van der Waals surface area contributed by atoms with E-state index in [1.54, 1.807) is 0 Å². The van der Waals surface area contributed by atoms with Crippen LogP contribution in [0.5, 0.6) is 0 Å². The molecule has 0 rings (SSSR count). The molecule has 0 fully saturated rings. The van der Waals surface area contributed by atoms with Gasteiger partial charge in [0.05, 0.1) is 31.8 Å². The van der Waals surface area contributed by atoms with Crippen LogP contribution in [0.25, 0.3) is 0 Å². The van der Waals surface area contributed by atoms with Gasteiger partial charge in [-0.05, 0) is 0 Å². The molecular weight excluding hydrogens is 317 g/mol. The molecule has 0 radical (unpaired) electrons. The second-order valence-corrected chi connectivity index (χ2v) is 5.82. The van der Waals surface area contributed by atoms with Crippen molar-refractivity contribution in [1.29, 1.82) is 0 Å². The minimum atomic E-state index is -4.82. The lowest BCUT2D eigenvalue weighted by Crippen LogP contribution is -2.39. The van der Waals surface area contributed by atoms with E-state index in [1.807, 2.05) is 0 Å². The van der Waals surface area contributed by atoms with Gasteiger partial charge in [-0.1, -0.05) is 0 Å². The van der Waals surface area contributed by atoms with E-state index in [2.05, 4.69) is 9.05 Å². The fourth-order valence-corrected chi connectivity index (χ4v) is 1.60. The first-order valence-corrected chi connectivity index (χ1v) is 7.21. The zero-order valence-electron chi connectivity index (χ0n) is 8.95. The first kappa shape index (κ1) is 20.7. The number of aliphatic hydroxyl groups is 2. The molecule has 18 heavy (non-hydrogen) atoms. The van der Waals surface area contributed by atoms with Crippen molar-refractivity contribution in [3.63, 3.8) is 0 Å². The summed E-state index contributed by atoms with van der Waals surface area (Å²) < 4.78 is 29.0. The van der Waals surface area contributed by atoms with Crippen LogP contribution in [-0.2, 0) is 18.2 Å². The van der Waals surface area contributed by atoms with Crippen molar-refractivity contribution in [3.05, 3.63) is 0 Å². The topological polar surface area (TPSA) is 174 Å². The first-order valence-electron chi connectivity index (χ1n) is 4.15. The predicted molar refractivity (Wildman–Crippen MR) is 59.8 cm³/mol. The average molecular weight is 333 g/mol. The third-order valence-electron chi connectivity index (χ3n) is 1.75. The molecule has 0 aromatic heterocycles. The molecule has 0 saturated heterocycles. The van der Waals surface area contributed by atoms with Gasteiger partial charge in [-0.2, -0.15) is 0 Å². The van der Waals surface area contributed by atoms with Crippen LogP contribution in [0, 0.1) is 5.41 Å². The van der Waals surface area contributed by atoms with E-state index in [4.69, 9.17) is 29.8 Å². The summed E-state index contributed by atoms with van der Waals surface area (Å²) >= 11 is 0. The Bertz CT molecular complexity index is 290. The summed E-state index contributed by atoms with van der Waals surface area (Å²) in [6.07, 6.45) is 0. The Labute approximate surface area is 108 Å². The SMILES string of the molecule is Cl.O=P(O)(O)OCC(CO)(CO)COP(=O)(O)O. The smallest absolute Gasteiger partial charge is 0.396 e. The Morgan fingerprint density at radius 1 is 0.833 bits per heavy atom. The number of hydrogen-bond donors (Lipinski definition) is 6. The summed E-state index contributed by atoms with van der Waals surface area (Å²) in [4.78, 5) is 33.7. The van der Waals surface area contributed by atoms with E-state index in [1.165, 1.54) is 0 Å². The molecule has 0 bridgehead atoms. The first-order chi connectivity index (χ1) is 7.54. The second kappa shape index (κ2) is 7.88. The number of halogens is 1. The van der Waals surface area contributed by atoms with Gasteiger partial charge >= 0.3 is 15.6 Å². The predicted octanol–water partition coefficient (Wildman–Crippen LogP) is -1.40. The highest BCUT2D eigenvalue weighted by atomic mass is 35.5. The van der Waals surface area contributed by atoms with E-state index in [0.29, 0.717) is 0 Å². The Balaban J connectivity index is 0. The molecule has 112 valence electrons. The molecule has 13 heteroatoms. The summed E-state index contributed by atoms with van der Waals surface area (Å²) in [5.41, 5.74) is -1.72. The van der Waals surface area contributed by atoms with Gasteiger partial charge in [-0.15, -0.1) is 12.4 Å². The fraction of sp³-hybridized carbons (Fsp3) is 1.00. The van der Waals surface area contributed by atoms with Crippen molar-refractivity contribution < 1.29 is 48.0 Å². The second-order valence-electron chi connectivity index (χ2n) is 3.34. The number of rotatable bonds is 8. The van der Waals surface area contributed by atoms with E-state index >= 15 is 0 Å². The molecule has 6 N–H and O–H groups in total. The van der Waals surface area contributed by atoms with Crippen molar-refractivity contribution in [1.82, 2.24) is 0 Å². The number of aliphatic hydroxyl groups excluding tert-OH is 2. The average Bonchev–Trinajstić information content (AvgIpc) is 2.16. The maximum absolute atomic E-state index is 10.4. The molecule has 0 heterocycles. The van der Waals surface area contributed by atoms with Crippen LogP contribution < -0.4 is 0 Å². The van der Waals surface area contributed by atoms with Crippen LogP contribution in [-0.4, -0.2) is 56.2 Å². The van der Waals surface area contributed by atoms with E-state index in [9.17, 15) is 9.13 Å². The minimum Gasteiger partial charge on any atom is -0.396 e. The standard InChI is InChI=1S/C5H14O10P2.ClH/c6-1-5(2-7,3-14-16(8,9)10)4-15-17(11,12)13;/h6-7H,1-4H2,(H2,8,9,10)(H2,11,12,13);1H. The summed E-state index contributed by atoms with van der Waals surface area (Å²) in [5.74, 6) is 0. The summed E-state index contributed by atoms with van der Waals surface area (Å²) in [6.45, 7) is -3.35. The van der Waals surface area contributed by atoms with Crippen molar-refractivity contribution >= 4 is 28.1 Å². The van der Waals surface area contributed by atoms with Crippen LogP contribution in [0.4, 0.5) is 0 Å². The minimum absolute atomic E-state index is 0. The molecule has 0 atom stereocenters. The molecule has 0 aromatic rings. The van der Waals surface area contributed by atoms with Gasteiger partial charge < -0.3 is 29.8 Å². The third-order valence-corrected chi connectivity index (χ3v) is 2.68. The van der Waals surface area contributed by atoms with Crippen molar-refractivity contribution in [2.24, 2.45) is 5.41 Å². The molecule has 0 unspecified atom stereocenters. The lowest BCUT2D eigenvalue weighted by molar-refractivity contribution is -0.0307. The summed E-state index contributed by atoms with van der Waals surface area (Å²) in [6, 6.07) is 0. The maximum Gasteiger partial charge on any atom is 0.469 e. The monoisotopic (exact) mass is 332 g/mol. The molecular formula is C5H15ClO10P2. The van der Waals surface area contributed by atoms with E-state index in [-0.39, 0.29) is 12.4 Å². The van der Waals surface area contributed by atoms with Crippen LogP contribution in [0.2, 0.25) is 0 Å². The van der Waals surface area contributed by atoms with Gasteiger partial charge in [0.15, 0.2) is 0 Å². The van der Waals surface area contributed by atoms with Gasteiger partial charge in [0, 0.05) is 0 Å². The Morgan fingerprint density at radius 2 is 1.11 bits per heavy atom. The zero-order chi connectivity index (χ0) is 13.7. The number of phosphoric ester groups is 2. The lowest BCUT2D eigenvalue weighted by atomic mass is 9.93. The van der Waals surface area contributed by atoms with Crippen LogP contribution in [0.1, 0.15) is 0 Å². The largest absolute Gasteiger partial charge is 0.469 e. The molecule has 0 spiro atoms. The Kier molecular flexibility index (Phi) is 9.08. The van der Waals surface area contributed by atoms with Gasteiger partial charge in [-0.25, -0.2) is 9.13 Å². The van der Waals surface area contributed by atoms with Crippen molar-refractivity contribution in [2.75, 3.05) is 26.4 Å². The number of hydrogen-bond acceptors (Lipinski definition) is 6. The summed E-state index contributed by atoms with van der Waals surface area (Å²) in [7, 11) is -9.65. The van der Waals surface area contributed by atoms with E-state index in [0.717, 1.165) is 0 Å². The van der Waals surface area contributed by atoms with Crippen LogP contribution in [0.15, 0.2) is 0 Å². The van der Waals surface area contributed by atoms with Crippen molar-refractivity contribution in [3.8, 4) is 0 Å². The van der Waals surface area contributed by atoms with E-state index < -0.39 is 47.5 Å². The van der Waals surface area contributed by atoms with Gasteiger partial charge in [0.1, 0.15) is 0 Å². The van der Waals surface area contributed by atoms with Crippen LogP contribution >= 0.6 is 28.1 Å². The van der Waals surface area contributed by atoms with Crippen molar-refractivity contribution in [2.45, 2.75) is 0 Å². The molecule has 0 aromatic carbocycles. The number of phosphoric acid groups is 2. The third kappa shape index (κ3) is 9.37. The van der Waals surface area contributed by atoms with Gasteiger partial charge in [0.2, 0.25) is 0 Å². The molecule has 0 aliphatic rings. The van der Waals surface area contributed by atoms with Gasteiger partial charge in [0.25, 0.3) is 0 Å². The molecule has 0 aliphatic carbocycles. The highest BCUT2D eigenvalue weighted by Crippen LogP contribution is 2.41. The molecule has 0 aliphatic heterocycles. The Morgan fingerprint density at radius 3 is 1.28 bits per heavy atom. The molecule has 0 saturated carbocycles. The Hall–Kier alpha value is 0.430. The normalized spacial score (nSPS) is 13.2. The lowest BCUT2D eigenvalue weighted by Gasteiger charge is -2.28. The quantitative estimate of drug-likeness (QED) is 0.290. The zero-order valence-corrected chi connectivity index (χ0v) is 11.6. The summed E-state index contributed by atoms with van der Waals surface area (Å²) in [5, 5.41) is 17.9. The molecule has 10 nitrogen and oxygen atoms in total. The molecule has 0 amide bonds. The highest BCUT2D eigenvalue weighted by Gasteiger charge is 2.35. The maximum atomic E-state index is 10.4.